The van der Waals surface area contributed by atoms with Crippen LogP contribution in [0.15, 0.2) is 24.3 Å². The van der Waals surface area contributed by atoms with Gasteiger partial charge in [-0.05, 0) is 37.9 Å². The predicted octanol–water partition coefficient (Wildman–Crippen LogP) is 2.62. The second kappa shape index (κ2) is 6.89. The van der Waals surface area contributed by atoms with Gasteiger partial charge in [0.15, 0.2) is 0 Å². The molecule has 0 N–H and O–H groups in total. The van der Waals surface area contributed by atoms with E-state index in [1.54, 1.807) is 12.1 Å². The van der Waals surface area contributed by atoms with E-state index in [2.05, 4.69) is 19.7 Å². The summed E-state index contributed by atoms with van der Waals surface area (Å²) in [6.07, 6.45) is 4.60. The van der Waals surface area contributed by atoms with Gasteiger partial charge in [0.05, 0.1) is 0 Å². The summed E-state index contributed by atoms with van der Waals surface area (Å²) in [6, 6.07) is 6.33. The number of aryl methyl sites for hydroxylation is 1. The quantitative estimate of drug-likeness (QED) is 0.845. The normalized spacial score (nSPS) is 21.0. The van der Waals surface area contributed by atoms with E-state index < -0.39 is 0 Å². The summed E-state index contributed by atoms with van der Waals surface area (Å²) in [5, 5.41) is 8.79. The lowest BCUT2D eigenvalue weighted by atomic mass is 9.97. The molecule has 1 aromatic heterocycles. The van der Waals surface area contributed by atoms with Gasteiger partial charge < -0.3 is 9.30 Å². The number of fused-ring (bicyclic) bond motifs is 1. The van der Waals surface area contributed by atoms with Crippen molar-refractivity contribution in [1.29, 1.82) is 0 Å². The van der Waals surface area contributed by atoms with Crippen molar-refractivity contribution in [2.75, 3.05) is 26.2 Å². The fourth-order valence-corrected chi connectivity index (χ4v) is 3.79. The second-order valence-electron chi connectivity index (χ2n) is 6.68. The number of benzene rings is 1. The van der Waals surface area contributed by atoms with Crippen LogP contribution in [0, 0.1) is 5.82 Å². The Morgan fingerprint density at radius 3 is 3.08 bits per heavy atom. The topological polar surface area (TPSA) is 43.2 Å². The van der Waals surface area contributed by atoms with Gasteiger partial charge in [-0.1, -0.05) is 6.07 Å². The van der Waals surface area contributed by atoms with Crippen LogP contribution in [0.1, 0.15) is 36.8 Å². The minimum absolute atomic E-state index is 0.258. The average molecular weight is 330 g/mol. The Kier molecular flexibility index (Phi) is 4.47. The molecule has 0 saturated carbocycles. The number of nitrogens with zero attached hydrogens (tertiary/aromatic N) is 4. The summed E-state index contributed by atoms with van der Waals surface area (Å²) in [4.78, 5) is 2.42. The Morgan fingerprint density at radius 1 is 1.21 bits per heavy atom. The lowest BCUT2D eigenvalue weighted by molar-refractivity contribution is 0.166. The zero-order valence-corrected chi connectivity index (χ0v) is 13.8. The summed E-state index contributed by atoms with van der Waals surface area (Å²) in [5.74, 6) is 3.12. The van der Waals surface area contributed by atoms with E-state index in [0.717, 1.165) is 38.4 Å². The number of likely N-dealkylation sites (tertiary alicyclic amines) is 1. The first-order chi connectivity index (χ1) is 11.8. The molecule has 1 unspecified atom stereocenters. The fourth-order valence-electron chi connectivity index (χ4n) is 3.79. The molecular weight excluding hydrogens is 307 g/mol. The lowest BCUT2D eigenvalue weighted by Gasteiger charge is -2.32. The van der Waals surface area contributed by atoms with Crippen molar-refractivity contribution in [2.45, 2.75) is 38.1 Å². The van der Waals surface area contributed by atoms with E-state index in [1.807, 2.05) is 0 Å². The molecule has 2 aliphatic rings. The molecule has 0 radical (unpaired) electrons. The first-order valence-electron chi connectivity index (χ1n) is 8.82. The van der Waals surface area contributed by atoms with Gasteiger partial charge in [-0.15, -0.1) is 10.2 Å². The van der Waals surface area contributed by atoms with E-state index in [1.165, 1.54) is 37.2 Å². The second-order valence-corrected chi connectivity index (χ2v) is 6.68. The van der Waals surface area contributed by atoms with Crippen LogP contribution in [0.5, 0.6) is 5.75 Å². The Bertz CT molecular complexity index is 702. The summed E-state index contributed by atoms with van der Waals surface area (Å²) in [5.41, 5.74) is 0. The molecule has 3 heterocycles. The van der Waals surface area contributed by atoms with E-state index in [9.17, 15) is 4.39 Å². The molecule has 5 nitrogen and oxygen atoms in total. The zero-order chi connectivity index (χ0) is 16.4. The van der Waals surface area contributed by atoms with Crippen LogP contribution >= 0.6 is 0 Å². The van der Waals surface area contributed by atoms with E-state index in [0.29, 0.717) is 18.3 Å². The summed E-state index contributed by atoms with van der Waals surface area (Å²) in [6.45, 7) is 4.59. The highest BCUT2D eigenvalue weighted by atomic mass is 19.1. The van der Waals surface area contributed by atoms with Crippen molar-refractivity contribution < 1.29 is 9.13 Å². The largest absolute Gasteiger partial charge is 0.492 e. The summed E-state index contributed by atoms with van der Waals surface area (Å²) < 4.78 is 21.2. The average Bonchev–Trinajstić information content (AvgIpc) is 3.18. The maximum Gasteiger partial charge on any atom is 0.137 e. The monoisotopic (exact) mass is 330 g/mol. The molecule has 0 spiro atoms. The molecule has 2 aliphatic heterocycles. The van der Waals surface area contributed by atoms with Crippen LogP contribution in [0.4, 0.5) is 4.39 Å². The molecular formula is C18H23FN4O. The van der Waals surface area contributed by atoms with Gasteiger partial charge >= 0.3 is 0 Å². The molecule has 4 rings (SSSR count). The van der Waals surface area contributed by atoms with Crippen molar-refractivity contribution in [3.8, 4) is 5.75 Å². The van der Waals surface area contributed by atoms with Gasteiger partial charge in [-0.3, -0.25) is 4.90 Å². The number of piperidine rings is 1. The number of rotatable bonds is 5. The minimum atomic E-state index is -0.258. The SMILES string of the molecule is Fc1cccc(OCCN2CCCC(c3nnc4n3CCC4)C2)c1. The summed E-state index contributed by atoms with van der Waals surface area (Å²) in [7, 11) is 0. The number of hydrogen-bond donors (Lipinski definition) is 0. The molecule has 0 amide bonds. The van der Waals surface area contributed by atoms with Crippen LogP contribution in [-0.2, 0) is 13.0 Å². The molecule has 1 atom stereocenters. The Morgan fingerprint density at radius 2 is 2.17 bits per heavy atom. The van der Waals surface area contributed by atoms with E-state index >= 15 is 0 Å². The molecule has 0 bridgehead atoms. The maximum atomic E-state index is 13.2. The van der Waals surface area contributed by atoms with Crippen LogP contribution < -0.4 is 4.74 Å². The third kappa shape index (κ3) is 3.29. The van der Waals surface area contributed by atoms with E-state index in [4.69, 9.17) is 4.74 Å². The van der Waals surface area contributed by atoms with E-state index in [-0.39, 0.29) is 5.82 Å². The molecule has 1 aromatic carbocycles. The number of hydrogen-bond acceptors (Lipinski definition) is 4. The van der Waals surface area contributed by atoms with Crippen molar-refractivity contribution in [2.24, 2.45) is 0 Å². The third-order valence-corrected chi connectivity index (χ3v) is 4.98. The van der Waals surface area contributed by atoms with Gasteiger partial charge in [-0.2, -0.15) is 0 Å². The molecule has 1 fully saturated rings. The smallest absolute Gasteiger partial charge is 0.137 e. The minimum Gasteiger partial charge on any atom is -0.492 e. The fraction of sp³-hybridized carbons (Fsp3) is 0.556. The zero-order valence-electron chi connectivity index (χ0n) is 13.8. The number of ether oxygens (including phenoxy) is 1. The van der Waals surface area contributed by atoms with Crippen LogP contribution in [0.2, 0.25) is 0 Å². The first kappa shape index (κ1) is 15.6. The number of halogens is 1. The third-order valence-electron chi connectivity index (χ3n) is 4.98. The van der Waals surface area contributed by atoms with Crippen LogP contribution in [-0.4, -0.2) is 45.9 Å². The standard InChI is InChI=1S/C18H23FN4O/c19-15-5-1-6-16(12-15)24-11-10-22-8-2-4-14(13-22)18-21-20-17-7-3-9-23(17)18/h1,5-6,12,14H,2-4,7-11,13H2. The molecule has 1 saturated heterocycles. The van der Waals surface area contributed by atoms with Gasteiger partial charge in [0.1, 0.15) is 29.8 Å². The Balaban J connectivity index is 1.32. The Hall–Kier alpha value is -1.95. The molecule has 6 heteroatoms. The highest BCUT2D eigenvalue weighted by Gasteiger charge is 2.28. The highest BCUT2D eigenvalue weighted by Crippen LogP contribution is 2.28. The first-order valence-corrected chi connectivity index (χ1v) is 8.82. The van der Waals surface area contributed by atoms with Crippen molar-refractivity contribution in [1.82, 2.24) is 19.7 Å². The van der Waals surface area contributed by atoms with Gasteiger partial charge in [0.2, 0.25) is 0 Å². The lowest BCUT2D eigenvalue weighted by Crippen LogP contribution is -2.37. The molecule has 2 aromatic rings. The van der Waals surface area contributed by atoms with Gasteiger partial charge in [-0.25, -0.2) is 4.39 Å². The molecule has 128 valence electrons. The van der Waals surface area contributed by atoms with Crippen molar-refractivity contribution in [3.63, 3.8) is 0 Å². The van der Waals surface area contributed by atoms with Crippen LogP contribution in [0.25, 0.3) is 0 Å². The highest BCUT2D eigenvalue weighted by molar-refractivity contribution is 5.22. The van der Waals surface area contributed by atoms with Gasteiger partial charge in [0.25, 0.3) is 0 Å². The molecule has 24 heavy (non-hydrogen) atoms. The Labute approximate surface area is 141 Å². The predicted molar refractivity (Wildman–Crippen MR) is 88.7 cm³/mol. The van der Waals surface area contributed by atoms with Crippen LogP contribution in [0.3, 0.4) is 0 Å². The molecule has 0 aliphatic carbocycles. The summed E-state index contributed by atoms with van der Waals surface area (Å²) >= 11 is 0. The maximum absolute atomic E-state index is 13.2. The van der Waals surface area contributed by atoms with Crippen molar-refractivity contribution in [3.05, 3.63) is 41.7 Å². The van der Waals surface area contributed by atoms with Crippen molar-refractivity contribution >= 4 is 0 Å². The van der Waals surface area contributed by atoms with Gasteiger partial charge in [0, 0.05) is 38.0 Å². The number of aromatic nitrogens is 3.